The number of amides is 2. The van der Waals surface area contributed by atoms with Gasteiger partial charge in [-0.15, -0.1) is 0 Å². The number of rotatable bonds is 10. The van der Waals surface area contributed by atoms with Gasteiger partial charge in [0, 0.05) is 62.2 Å². The van der Waals surface area contributed by atoms with Gasteiger partial charge in [-0.05, 0) is 55.2 Å². The van der Waals surface area contributed by atoms with Crippen molar-refractivity contribution in [2.45, 2.75) is 76.7 Å². The molecule has 2 aliphatic rings. The molecule has 3 N–H and O–H groups in total. The normalized spacial score (nSPS) is 16.3. The summed E-state index contributed by atoms with van der Waals surface area (Å²) in [6, 6.07) is 7.49. The number of hydrogen-bond donors (Lipinski definition) is 3. The van der Waals surface area contributed by atoms with E-state index >= 15 is 0 Å². The first-order valence-corrected chi connectivity index (χ1v) is 14.8. The summed E-state index contributed by atoms with van der Waals surface area (Å²) >= 11 is 0. The predicted octanol–water partition coefficient (Wildman–Crippen LogP) is 3.48. The molecular weight excluding hydrogens is 546 g/mol. The van der Waals surface area contributed by atoms with Gasteiger partial charge in [0.1, 0.15) is 0 Å². The number of aromatic nitrogens is 5. The smallest absolute Gasteiger partial charge is 0.297 e. The zero-order valence-electron chi connectivity index (χ0n) is 24.1. The lowest BCUT2D eigenvalue weighted by Crippen LogP contribution is -2.57. The summed E-state index contributed by atoms with van der Waals surface area (Å²) in [7, 11) is 0. The molecule has 0 saturated heterocycles. The van der Waals surface area contributed by atoms with Crippen LogP contribution in [-0.2, 0) is 34.1 Å². The molecule has 1 aliphatic carbocycles. The van der Waals surface area contributed by atoms with E-state index < -0.39 is 17.4 Å². The van der Waals surface area contributed by atoms with Gasteiger partial charge in [0.25, 0.3) is 17.4 Å². The molecule has 0 spiro atoms. The minimum absolute atomic E-state index is 0.0637. The first kappa shape index (κ1) is 28.3. The fraction of sp³-hybridized carbons (Fsp3) is 0.387. The number of nitrogens with zero attached hydrogens (tertiary/aromatic N) is 6. The van der Waals surface area contributed by atoms with E-state index in [2.05, 4.69) is 36.2 Å². The highest BCUT2D eigenvalue weighted by Gasteiger charge is 2.54. The van der Waals surface area contributed by atoms with E-state index in [4.69, 9.17) is 9.82 Å². The Hall–Kier alpha value is -4.87. The van der Waals surface area contributed by atoms with Crippen molar-refractivity contribution in [2.75, 3.05) is 5.32 Å². The summed E-state index contributed by atoms with van der Waals surface area (Å²) in [4.78, 5) is 46.2. The van der Waals surface area contributed by atoms with E-state index in [1.807, 2.05) is 17.8 Å². The van der Waals surface area contributed by atoms with Gasteiger partial charge in [0.15, 0.2) is 5.65 Å². The second-order valence-corrected chi connectivity index (χ2v) is 10.9. The van der Waals surface area contributed by atoms with Crippen molar-refractivity contribution in [1.82, 2.24) is 35.4 Å². The average Bonchev–Trinajstić information content (AvgIpc) is 3.70. The van der Waals surface area contributed by atoms with Gasteiger partial charge in [-0.25, -0.2) is 9.67 Å². The van der Waals surface area contributed by atoms with Crippen molar-refractivity contribution < 1.29 is 14.4 Å². The van der Waals surface area contributed by atoms with E-state index in [0.717, 1.165) is 53.5 Å². The molecule has 1 aliphatic heterocycles. The highest BCUT2D eigenvalue weighted by molar-refractivity contribution is 6.18. The van der Waals surface area contributed by atoms with Crippen molar-refractivity contribution in [1.29, 1.82) is 0 Å². The quantitative estimate of drug-likeness (QED) is 0.241. The average molecular weight is 582 g/mol. The maximum Gasteiger partial charge on any atom is 0.297 e. The summed E-state index contributed by atoms with van der Waals surface area (Å²) in [5, 5.41) is 19.3. The minimum atomic E-state index is -1.90. The van der Waals surface area contributed by atoms with Crippen LogP contribution >= 0.6 is 0 Å². The van der Waals surface area contributed by atoms with Gasteiger partial charge in [-0.1, -0.05) is 24.4 Å². The molecule has 0 atom stereocenters. The van der Waals surface area contributed by atoms with E-state index in [0.29, 0.717) is 23.9 Å². The molecule has 0 aromatic carbocycles. The van der Waals surface area contributed by atoms with E-state index in [1.165, 1.54) is 6.42 Å². The number of aryl methyl sites for hydroxylation is 1. The highest BCUT2D eigenvalue weighted by Crippen LogP contribution is 2.35. The lowest BCUT2D eigenvalue weighted by atomic mass is 9.90. The molecule has 6 rings (SSSR count). The minimum Gasteiger partial charge on any atom is -0.381 e. The van der Waals surface area contributed by atoms with Crippen molar-refractivity contribution >= 4 is 34.2 Å². The zero-order valence-corrected chi connectivity index (χ0v) is 24.1. The van der Waals surface area contributed by atoms with Crippen LogP contribution in [0.25, 0.3) is 11.0 Å². The number of hydrogen-bond acceptors (Lipinski definition) is 9. The number of fused-ring (bicyclic) bond motifs is 1. The molecule has 12 heteroatoms. The monoisotopic (exact) mass is 581 g/mol. The fourth-order valence-corrected chi connectivity index (χ4v) is 5.66. The molecule has 12 nitrogen and oxygen atoms in total. The van der Waals surface area contributed by atoms with Crippen molar-refractivity contribution in [2.24, 2.45) is 5.16 Å². The van der Waals surface area contributed by atoms with Crippen molar-refractivity contribution in [3.05, 3.63) is 78.1 Å². The second kappa shape index (κ2) is 12.6. The van der Waals surface area contributed by atoms with E-state index in [1.54, 1.807) is 55.2 Å². The van der Waals surface area contributed by atoms with Crippen LogP contribution < -0.4 is 16.0 Å². The zero-order chi connectivity index (χ0) is 29.6. The van der Waals surface area contributed by atoms with Crippen LogP contribution in [0, 0.1) is 0 Å². The Balaban J connectivity index is 1.31. The molecule has 1 fully saturated rings. The van der Waals surface area contributed by atoms with Crippen molar-refractivity contribution in [3.8, 4) is 0 Å². The molecule has 4 aromatic rings. The van der Waals surface area contributed by atoms with Crippen LogP contribution in [0.1, 0.15) is 62.1 Å². The maximum absolute atomic E-state index is 13.8. The third-order valence-corrected chi connectivity index (χ3v) is 8.10. The summed E-state index contributed by atoms with van der Waals surface area (Å²) in [5.41, 5.74) is 2.56. The topological polar surface area (TPSA) is 148 Å². The Kier molecular flexibility index (Phi) is 8.25. The maximum atomic E-state index is 13.8. The number of nitrogens with one attached hydrogen (secondary N) is 3. The van der Waals surface area contributed by atoms with Gasteiger partial charge >= 0.3 is 0 Å². The number of carbonyl (C=O) groups excluding carboxylic acids is 2. The van der Waals surface area contributed by atoms with Crippen LogP contribution in [0.15, 0.2) is 66.6 Å². The highest BCUT2D eigenvalue weighted by atomic mass is 16.7. The van der Waals surface area contributed by atoms with Crippen LogP contribution in [0.4, 0.5) is 5.69 Å². The van der Waals surface area contributed by atoms with Gasteiger partial charge in [-0.3, -0.25) is 19.6 Å². The number of pyridine rings is 3. The summed E-state index contributed by atoms with van der Waals surface area (Å²) in [5.74, 6) is -1.16. The Morgan fingerprint density at radius 3 is 2.16 bits per heavy atom. The first-order chi connectivity index (χ1) is 21.1. The molecule has 4 aromatic heterocycles. The van der Waals surface area contributed by atoms with Crippen molar-refractivity contribution in [3.63, 3.8) is 0 Å². The Morgan fingerprint density at radius 1 is 0.930 bits per heavy atom. The Bertz CT molecular complexity index is 1560. The SMILES string of the molecule is CCn1ncc2c(NC3CCCCC3)c(C3=NOC(C(=O)NCc4ccncc4)(C(=O)NCc4ccncc4)C3)cnc21. The lowest BCUT2D eigenvalue weighted by molar-refractivity contribution is -0.158. The van der Waals surface area contributed by atoms with Crippen LogP contribution in [0.2, 0.25) is 0 Å². The molecule has 43 heavy (non-hydrogen) atoms. The first-order valence-electron chi connectivity index (χ1n) is 14.8. The number of carbonyl (C=O) groups is 2. The molecule has 0 radical (unpaired) electrons. The fourth-order valence-electron chi connectivity index (χ4n) is 5.66. The van der Waals surface area contributed by atoms with Gasteiger partial charge < -0.3 is 20.8 Å². The summed E-state index contributed by atoms with van der Waals surface area (Å²) in [6.07, 6.45) is 15.8. The number of anilines is 1. The Morgan fingerprint density at radius 2 is 1.56 bits per heavy atom. The third kappa shape index (κ3) is 5.90. The molecule has 0 bridgehead atoms. The molecule has 0 unspecified atom stereocenters. The van der Waals surface area contributed by atoms with E-state index in [9.17, 15) is 9.59 Å². The van der Waals surface area contributed by atoms with Gasteiger partial charge in [0.2, 0.25) is 0 Å². The largest absolute Gasteiger partial charge is 0.381 e. The summed E-state index contributed by atoms with van der Waals surface area (Å²) in [6.45, 7) is 3.12. The molecule has 222 valence electrons. The standard InChI is InChI=1S/C31H35N9O3/c1-2-40-28-25(20-37-40)27(38-23-6-4-3-5-7-23)24(19-34-28)26-16-31(43-39-26,29(41)35-17-21-8-12-32-13-9-21)30(42)36-18-22-10-14-33-15-11-22/h8-15,19-20,23H,2-7,16-18H2,1H3,(H,34,38)(H,35,41)(H,36,42). The Labute approximate surface area is 249 Å². The van der Waals surface area contributed by atoms with Gasteiger partial charge in [0.05, 0.1) is 29.4 Å². The molecule has 1 saturated carbocycles. The molecular formula is C31H35N9O3. The number of oxime groups is 1. The third-order valence-electron chi connectivity index (χ3n) is 8.10. The summed E-state index contributed by atoms with van der Waals surface area (Å²) < 4.78 is 1.85. The van der Waals surface area contributed by atoms with Crippen LogP contribution in [0.3, 0.4) is 0 Å². The molecule has 5 heterocycles. The second-order valence-electron chi connectivity index (χ2n) is 10.9. The van der Waals surface area contributed by atoms with Crippen LogP contribution in [-0.4, -0.2) is 53.9 Å². The van der Waals surface area contributed by atoms with Gasteiger partial charge in [-0.2, -0.15) is 5.10 Å². The van der Waals surface area contributed by atoms with E-state index in [-0.39, 0.29) is 19.5 Å². The molecule has 2 amide bonds. The predicted molar refractivity (Wildman–Crippen MR) is 161 cm³/mol. The van der Waals surface area contributed by atoms with Crippen LogP contribution in [0.5, 0.6) is 0 Å². The lowest BCUT2D eigenvalue weighted by Gasteiger charge is -2.26.